The number of piperidine rings is 1. The summed E-state index contributed by atoms with van der Waals surface area (Å²) in [6.45, 7) is 6.81. The number of alkyl halides is 2. The molecule has 2 N–H and O–H groups in total. The van der Waals surface area contributed by atoms with Gasteiger partial charge in [0.25, 0.3) is 6.43 Å². The fraction of sp³-hybridized carbons (Fsp3) is 0.600. The fourth-order valence-corrected chi connectivity index (χ4v) is 3.08. The first-order valence-corrected chi connectivity index (χ1v) is 9.47. The predicted octanol–water partition coefficient (Wildman–Crippen LogP) is 2.90. The van der Waals surface area contributed by atoms with E-state index in [9.17, 15) is 18.4 Å². The second-order valence-corrected chi connectivity index (χ2v) is 8.07. The van der Waals surface area contributed by atoms with Crippen molar-refractivity contribution in [2.24, 2.45) is 5.92 Å². The highest BCUT2D eigenvalue weighted by Crippen LogP contribution is 2.22. The number of hydrogen-bond donors (Lipinski definition) is 2. The minimum absolute atomic E-state index is 0.0176. The van der Waals surface area contributed by atoms with E-state index in [1.54, 1.807) is 18.2 Å². The summed E-state index contributed by atoms with van der Waals surface area (Å²) < 4.78 is 29.5. The van der Waals surface area contributed by atoms with Crippen LogP contribution in [0, 0.1) is 5.92 Å². The molecule has 1 aliphatic heterocycles. The first kappa shape index (κ1) is 22.1. The van der Waals surface area contributed by atoms with Gasteiger partial charge in [0, 0.05) is 23.2 Å². The zero-order valence-corrected chi connectivity index (χ0v) is 16.6. The predicted molar refractivity (Wildman–Crippen MR) is 104 cm³/mol. The largest absolute Gasteiger partial charge is 0.488 e. The summed E-state index contributed by atoms with van der Waals surface area (Å²) >= 11 is 0. The van der Waals surface area contributed by atoms with Crippen LogP contribution >= 0.6 is 0 Å². The number of nitrogens with one attached hydrogen (secondary N) is 2. The summed E-state index contributed by atoms with van der Waals surface area (Å²) in [5.74, 6) is 0.0196. The first-order chi connectivity index (χ1) is 13.1. The van der Waals surface area contributed by atoms with E-state index in [1.165, 1.54) is 6.07 Å². The summed E-state index contributed by atoms with van der Waals surface area (Å²) in [6, 6.07) is 6.44. The Bertz CT molecular complexity index is 669. The van der Waals surface area contributed by atoms with Gasteiger partial charge in [-0.05, 0) is 58.8 Å². The van der Waals surface area contributed by atoms with Crippen molar-refractivity contribution >= 4 is 17.5 Å². The Balaban J connectivity index is 1.79. The Morgan fingerprint density at radius 1 is 1.25 bits per heavy atom. The van der Waals surface area contributed by atoms with Gasteiger partial charge in [-0.2, -0.15) is 0 Å². The number of carbonyl (C=O) groups is 2. The lowest BCUT2D eigenvalue weighted by atomic mass is 9.95. The number of anilines is 1. The van der Waals surface area contributed by atoms with Crippen LogP contribution in [-0.4, -0.2) is 54.9 Å². The molecule has 0 aliphatic carbocycles. The number of carbonyl (C=O) groups excluding carboxylic acids is 2. The molecule has 1 aromatic carbocycles. The second-order valence-electron chi connectivity index (χ2n) is 8.07. The summed E-state index contributed by atoms with van der Waals surface area (Å²) in [7, 11) is 0. The summed E-state index contributed by atoms with van der Waals surface area (Å²) in [4.78, 5) is 26.6. The van der Waals surface area contributed by atoms with Crippen molar-refractivity contribution in [2.45, 2.75) is 45.6 Å². The second kappa shape index (κ2) is 9.82. The van der Waals surface area contributed by atoms with E-state index in [-0.39, 0.29) is 29.0 Å². The molecule has 0 saturated carbocycles. The highest BCUT2D eigenvalue weighted by molar-refractivity contribution is 5.92. The van der Waals surface area contributed by atoms with Crippen molar-refractivity contribution in [3.05, 3.63) is 24.3 Å². The molecule has 1 aromatic rings. The number of benzene rings is 1. The van der Waals surface area contributed by atoms with E-state index in [1.807, 2.05) is 25.7 Å². The lowest BCUT2D eigenvalue weighted by Crippen LogP contribution is -2.48. The van der Waals surface area contributed by atoms with Crippen molar-refractivity contribution in [1.82, 2.24) is 10.2 Å². The van der Waals surface area contributed by atoms with Gasteiger partial charge in [0.15, 0.2) is 0 Å². The lowest BCUT2D eigenvalue weighted by Gasteiger charge is -2.31. The van der Waals surface area contributed by atoms with E-state index in [0.717, 1.165) is 0 Å². The number of ether oxygens (including phenoxy) is 1. The van der Waals surface area contributed by atoms with Crippen LogP contribution in [0.15, 0.2) is 24.3 Å². The van der Waals surface area contributed by atoms with E-state index < -0.39 is 13.0 Å². The lowest BCUT2D eigenvalue weighted by molar-refractivity contribution is -0.124. The molecule has 0 radical (unpaired) electrons. The minimum atomic E-state index is -2.55. The standard InChI is InChI=1S/C20H29F2N3O3/c1-20(2,3)24-18(26)12-25-9-7-14(8-10-25)19(27)23-15-5-4-6-16(11-15)28-13-17(21)22/h4-6,11,14,17H,7-10,12-13H2,1-3H3,(H,23,27)(H,24,26). The van der Waals surface area contributed by atoms with E-state index in [4.69, 9.17) is 4.74 Å². The molecule has 8 heteroatoms. The normalized spacial score (nSPS) is 16.1. The van der Waals surface area contributed by atoms with Crippen molar-refractivity contribution in [3.63, 3.8) is 0 Å². The van der Waals surface area contributed by atoms with Crippen LogP contribution in [0.3, 0.4) is 0 Å². The van der Waals surface area contributed by atoms with Crippen LogP contribution in [0.25, 0.3) is 0 Å². The van der Waals surface area contributed by atoms with Crippen LogP contribution < -0.4 is 15.4 Å². The molecule has 1 heterocycles. The molecule has 6 nitrogen and oxygen atoms in total. The van der Waals surface area contributed by atoms with Gasteiger partial charge in [-0.25, -0.2) is 8.78 Å². The van der Waals surface area contributed by atoms with Gasteiger partial charge in [-0.15, -0.1) is 0 Å². The SMILES string of the molecule is CC(C)(C)NC(=O)CN1CCC(C(=O)Nc2cccc(OCC(F)F)c2)CC1. The molecule has 0 atom stereocenters. The van der Waals surface area contributed by atoms with E-state index in [2.05, 4.69) is 10.6 Å². The molecule has 0 bridgehead atoms. The monoisotopic (exact) mass is 397 g/mol. The number of amides is 2. The third-order valence-corrected chi connectivity index (χ3v) is 4.32. The summed E-state index contributed by atoms with van der Waals surface area (Å²) in [5, 5.41) is 5.76. The van der Waals surface area contributed by atoms with Gasteiger partial charge >= 0.3 is 0 Å². The number of hydrogen-bond acceptors (Lipinski definition) is 4. The zero-order chi connectivity index (χ0) is 20.7. The third kappa shape index (κ3) is 7.80. The van der Waals surface area contributed by atoms with Crippen molar-refractivity contribution in [2.75, 3.05) is 31.6 Å². The van der Waals surface area contributed by atoms with Crippen LogP contribution in [0.2, 0.25) is 0 Å². The Kier molecular flexibility index (Phi) is 7.74. The Hall–Kier alpha value is -2.22. The molecule has 156 valence electrons. The number of nitrogens with zero attached hydrogens (tertiary/aromatic N) is 1. The topological polar surface area (TPSA) is 70.7 Å². The van der Waals surface area contributed by atoms with Gasteiger partial charge < -0.3 is 15.4 Å². The first-order valence-electron chi connectivity index (χ1n) is 9.47. The van der Waals surface area contributed by atoms with Gasteiger partial charge in [0.2, 0.25) is 11.8 Å². The van der Waals surface area contributed by atoms with Crippen LogP contribution in [0.5, 0.6) is 5.75 Å². The Labute approximate surface area is 164 Å². The molecule has 0 aromatic heterocycles. The van der Waals surface area contributed by atoms with Crippen LogP contribution in [-0.2, 0) is 9.59 Å². The van der Waals surface area contributed by atoms with Gasteiger partial charge in [-0.3, -0.25) is 14.5 Å². The van der Waals surface area contributed by atoms with Crippen LogP contribution in [0.1, 0.15) is 33.6 Å². The highest BCUT2D eigenvalue weighted by Gasteiger charge is 2.26. The molecule has 1 aliphatic rings. The number of rotatable bonds is 7. The molecule has 1 fully saturated rings. The summed E-state index contributed by atoms with van der Waals surface area (Å²) in [5.41, 5.74) is 0.256. The zero-order valence-electron chi connectivity index (χ0n) is 16.6. The summed E-state index contributed by atoms with van der Waals surface area (Å²) in [6.07, 6.45) is -1.22. The number of likely N-dealkylation sites (tertiary alicyclic amines) is 1. The smallest absolute Gasteiger partial charge is 0.272 e. The van der Waals surface area contributed by atoms with Crippen molar-refractivity contribution < 1.29 is 23.1 Å². The van der Waals surface area contributed by atoms with Gasteiger partial charge in [0.1, 0.15) is 12.4 Å². The van der Waals surface area contributed by atoms with Crippen molar-refractivity contribution in [1.29, 1.82) is 0 Å². The maximum atomic E-state index is 12.5. The average molecular weight is 397 g/mol. The number of halogens is 2. The molecule has 2 amide bonds. The Morgan fingerprint density at radius 3 is 2.54 bits per heavy atom. The maximum absolute atomic E-state index is 12.5. The van der Waals surface area contributed by atoms with Gasteiger partial charge in [0.05, 0.1) is 6.54 Å². The molecule has 0 unspecified atom stereocenters. The van der Waals surface area contributed by atoms with E-state index in [0.29, 0.717) is 38.2 Å². The molecular formula is C20H29F2N3O3. The fourth-order valence-electron chi connectivity index (χ4n) is 3.08. The van der Waals surface area contributed by atoms with E-state index >= 15 is 0 Å². The van der Waals surface area contributed by atoms with Crippen molar-refractivity contribution in [3.8, 4) is 5.75 Å². The average Bonchev–Trinajstić information content (AvgIpc) is 2.59. The minimum Gasteiger partial charge on any atom is -0.488 e. The Morgan fingerprint density at radius 2 is 1.93 bits per heavy atom. The third-order valence-electron chi connectivity index (χ3n) is 4.32. The molecule has 28 heavy (non-hydrogen) atoms. The quantitative estimate of drug-likeness (QED) is 0.742. The highest BCUT2D eigenvalue weighted by atomic mass is 19.3. The molecular weight excluding hydrogens is 368 g/mol. The molecule has 0 spiro atoms. The molecule has 2 rings (SSSR count). The van der Waals surface area contributed by atoms with Crippen LogP contribution in [0.4, 0.5) is 14.5 Å². The molecule has 1 saturated heterocycles. The maximum Gasteiger partial charge on any atom is 0.272 e. The van der Waals surface area contributed by atoms with Gasteiger partial charge in [-0.1, -0.05) is 6.07 Å².